The third-order valence-corrected chi connectivity index (χ3v) is 4.24. The Kier molecular flexibility index (Phi) is 4.35. The van der Waals surface area contributed by atoms with Gasteiger partial charge in [0.1, 0.15) is 5.82 Å². The Morgan fingerprint density at radius 1 is 0.960 bits per heavy atom. The molecule has 0 spiro atoms. The van der Waals surface area contributed by atoms with Crippen LogP contribution in [0.1, 0.15) is 5.69 Å². The van der Waals surface area contributed by atoms with Gasteiger partial charge in [-0.2, -0.15) is 0 Å². The van der Waals surface area contributed by atoms with Crippen LogP contribution in [0, 0.1) is 0 Å². The topological polar surface area (TPSA) is 63.6 Å². The molecule has 3 aromatic heterocycles. The molecule has 0 unspecified atom stereocenters. The molecular weight excluding hydrogens is 378 g/mol. The van der Waals surface area contributed by atoms with E-state index in [0.717, 1.165) is 32.5 Å². The zero-order valence-electron chi connectivity index (χ0n) is 13.2. The average Bonchev–Trinajstić information content (AvgIpc) is 2.67. The van der Waals surface area contributed by atoms with Crippen molar-refractivity contribution < 1.29 is 0 Å². The summed E-state index contributed by atoms with van der Waals surface area (Å²) in [5.74, 6) is 1.42. The third-order valence-electron chi connectivity index (χ3n) is 3.74. The fraction of sp³-hybridized carbons (Fsp3) is 0.0526. The zero-order valence-corrected chi connectivity index (χ0v) is 14.8. The van der Waals surface area contributed by atoms with Gasteiger partial charge in [-0.3, -0.25) is 9.97 Å². The highest BCUT2D eigenvalue weighted by molar-refractivity contribution is 9.10. The van der Waals surface area contributed by atoms with Crippen LogP contribution in [0.25, 0.3) is 22.3 Å². The summed E-state index contributed by atoms with van der Waals surface area (Å²) in [5, 5.41) is 4.35. The summed E-state index contributed by atoms with van der Waals surface area (Å²) in [6.07, 6.45) is 5.29. The molecule has 0 saturated heterocycles. The lowest BCUT2D eigenvalue weighted by Gasteiger charge is -2.11. The fourth-order valence-corrected chi connectivity index (χ4v) is 2.89. The van der Waals surface area contributed by atoms with E-state index in [2.05, 4.69) is 36.2 Å². The molecule has 0 aliphatic rings. The molecule has 0 amide bonds. The molecule has 4 aromatic rings. The van der Waals surface area contributed by atoms with Gasteiger partial charge in [0.25, 0.3) is 0 Å². The Balaban J connectivity index is 1.78. The molecule has 0 aliphatic carbocycles. The number of hydrogen-bond acceptors (Lipinski definition) is 5. The van der Waals surface area contributed by atoms with Crippen LogP contribution in [0.4, 0.5) is 5.82 Å². The highest BCUT2D eigenvalue weighted by atomic mass is 79.9. The highest BCUT2D eigenvalue weighted by Crippen LogP contribution is 2.27. The van der Waals surface area contributed by atoms with Crippen molar-refractivity contribution in [2.75, 3.05) is 5.32 Å². The maximum atomic E-state index is 4.71. The monoisotopic (exact) mass is 391 g/mol. The lowest BCUT2D eigenvalue weighted by molar-refractivity contribution is 1.03. The van der Waals surface area contributed by atoms with Gasteiger partial charge in [-0.05, 0) is 42.5 Å². The molecule has 4 rings (SSSR count). The van der Waals surface area contributed by atoms with Crippen molar-refractivity contribution in [1.29, 1.82) is 0 Å². The van der Waals surface area contributed by atoms with E-state index in [1.807, 2.05) is 48.5 Å². The summed E-state index contributed by atoms with van der Waals surface area (Å²) >= 11 is 3.51. The average molecular weight is 392 g/mol. The Labute approximate surface area is 153 Å². The minimum atomic E-state index is 0.593. The first-order chi connectivity index (χ1) is 12.3. The molecule has 122 valence electrons. The van der Waals surface area contributed by atoms with Crippen LogP contribution in [-0.2, 0) is 6.54 Å². The number of halogens is 1. The van der Waals surface area contributed by atoms with Crippen molar-refractivity contribution in [3.8, 4) is 11.4 Å². The number of rotatable bonds is 4. The van der Waals surface area contributed by atoms with Crippen molar-refractivity contribution in [2.45, 2.75) is 6.54 Å². The molecule has 3 heterocycles. The van der Waals surface area contributed by atoms with E-state index in [1.165, 1.54) is 0 Å². The second-order valence-electron chi connectivity index (χ2n) is 5.47. The van der Waals surface area contributed by atoms with Gasteiger partial charge in [-0.15, -0.1) is 0 Å². The van der Waals surface area contributed by atoms with Gasteiger partial charge >= 0.3 is 0 Å². The zero-order chi connectivity index (χ0) is 17.1. The van der Waals surface area contributed by atoms with E-state index in [4.69, 9.17) is 4.98 Å². The van der Waals surface area contributed by atoms with Crippen LogP contribution in [0.15, 0.2) is 71.6 Å². The van der Waals surface area contributed by atoms with E-state index >= 15 is 0 Å². The molecule has 25 heavy (non-hydrogen) atoms. The molecule has 6 heteroatoms. The molecule has 0 saturated carbocycles. The highest BCUT2D eigenvalue weighted by Gasteiger charge is 2.10. The van der Waals surface area contributed by atoms with Gasteiger partial charge in [-0.25, -0.2) is 9.97 Å². The number of benzene rings is 1. The van der Waals surface area contributed by atoms with E-state index in [0.29, 0.717) is 12.4 Å². The first kappa shape index (κ1) is 15.7. The van der Waals surface area contributed by atoms with Gasteiger partial charge < -0.3 is 5.32 Å². The predicted octanol–water partition coefficient (Wildman–Crippen LogP) is 4.46. The van der Waals surface area contributed by atoms with Gasteiger partial charge in [0, 0.05) is 34.0 Å². The number of aromatic nitrogens is 4. The Bertz CT molecular complexity index is 1010. The number of anilines is 1. The normalized spacial score (nSPS) is 10.8. The summed E-state index contributed by atoms with van der Waals surface area (Å²) in [7, 11) is 0. The minimum absolute atomic E-state index is 0.593. The molecule has 0 aliphatic heterocycles. The second-order valence-corrected chi connectivity index (χ2v) is 6.39. The van der Waals surface area contributed by atoms with E-state index in [-0.39, 0.29) is 0 Å². The number of hydrogen-bond donors (Lipinski definition) is 1. The van der Waals surface area contributed by atoms with Gasteiger partial charge in [0.15, 0.2) is 5.82 Å². The Hall–Kier alpha value is -2.86. The van der Waals surface area contributed by atoms with Crippen LogP contribution in [0.2, 0.25) is 0 Å². The van der Waals surface area contributed by atoms with Crippen molar-refractivity contribution in [3.63, 3.8) is 0 Å². The van der Waals surface area contributed by atoms with Crippen LogP contribution in [-0.4, -0.2) is 19.9 Å². The van der Waals surface area contributed by atoms with Crippen LogP contribution in [0.3, 0.4) is 0 Å². The molecular formula is C19H14BrN5. The van der Waals surface area contributed by atoms with Crippen molar-refractivity contribution in [1.82, 2.24) is 19.9 Å². The van der Waals surface area contributed by atoms with Gasteiger partial charge in [0.2, 0.25) is 0 Å². The standard InChI is InChI=1S/C19H14BrN5/c20-14-6-7-16-17(10-14)24-18(13-4-3-8-21-11-13)25-19(16)23-12-15-5-1-2-9-22-15/h1-11H,12H2,(H,23,24,25). The van der Waals surface area contributed by atoms with Crippen LogP contribution < -0.4 is 5.32 Å². The quantitative estimate of drug-likeness (QED) is 0.556. The SMILES string of the molecule is Brc1ccc2c(NCc3ccccn3)nc(-c3cccnc3)nc2c1. The predicted molar refractivity (Wildman–Crippen MR) is 102 cm³/mol. The summed E-state index contributed by atoms with van der Waals surface area (Å²) in [5.41, 5.74) is 2.70. The van der Waals surface area contributed by atoms with E-state index in [1.54, 1.807) is 18.6 Å². The van der Waals surface area contributed by atoms with Crippen molar-refractivity contribution >= 4 is 32.7 Å². The van der Waals surface area contributed by atoms with E-state index in [9.17, 15) is 0 Å². The Morgan fingerprint density at radius 2 is 1.92 bits per heavy atom. The number of pyridine rings is 2. The number of nitrogens with one attached hydrogen (secondary N) is 1. The van der Waals surface area contributed by atoms with Crippen LogP contribution >= 0.6 is 15.9 Å². The first-order valence-corrected chi connectivity index (χ1v) is 8.60. The minimum Gasteiger partial charge on any atom is -0.364 e. The second kappa shape index (κ2) is 6.94. The first-order valence-electron chi connectivity index (χ1n) is 7.81. The third kappa shape index (κ3) is 3.49. The van der Waals surface area contributed by atoms with Gasteiger partial charge in [-0.1, -0.05) is 22.0 Å². The smallest absolute Gasteiger partial charge is 0.163 e. The van der Waals surface area contributed by atoms with Crippen LogP contribution in [0.5, 0.6) is 0 Å². The lowest BCUT2D eigenvalue weighted by atomic mass is 10.2. The molecule has 5 nitrogen and oxygen atoms in total. The van der Waals surface area contributed by atoms with E-state index < -0.39 is 0 Å². The summed E-state index contributed by atoms with van der Waals surface area (Å²) < 4.78 is 0.978. The van der Waals surface area contributed by atoms with Gasteiger partial charge in [0.05, 0.1) is 17.8 Å². The molecule has 1 N–H and O–H groups in total. The number of fused-ring (bicyclic) bond motifs is 1. The summed E-state index contributed by atoms with van der Waals surface area (Å²) in [4.78, 5) is 17.9. The maximum absolute atomic E-state index is 4.71. The molecule has 0 bridgehead atoms. The molecule has 0 atom stereocenters. The number of nitrogens with zero attached hydrogens (tertiary/aromatic N) is 4. The lowest BCUT2D eigenvalue weighted by Crippen LogP contribution is -2.05. The largest absolute Gasteiger partial charge is 0.364 e. The Morgan fingerprint density at radius 3 is 2.72 bits per heavy atom. The summed E-state index contributed by atoms with van der Waals surface area (Å²) in [6.45, 7) is 0.593. The maximum Gasteiger partial charge on any atom is 0.163 e. The molecule has 0 radical (unpaired) electrons. The summed E-state index contributed by atoms with van der Waals surface area (Å²) in [6, 6.07) is 15.7. The molecule has 0 fully saturated rings. The fourth-order valence-electron chi connectivity index (χ4n) is 2.54. The van der Waals surface area contributed by atoms with Crippen molar-refractivity contribution in [3.05, 3.63) is 77.3 Å². The molecule has 1 aromatic carbocycles. The van der Waals surface area contributed by atoms with Crippen molar-refractivity contribution in [2.24, 2.45) is 0 Å².